The molecule has 1 aliphatic rings. The topological polar surface area (TPSA) is 22.0 Å². The molecule has 1 aromatic heterocycles. The number of benzene rings is 1. The summed E-state index contributed by atoms with van der Waals surface area (Å²) in [4.78, 5) is 12.2. The van der Waals surface area contributed by atoms with Crippen LogP contribution in [0.1, 0.15) is 21.6 Å². The van der Waals surface area contributed by atoms with Gasteiger partial charge in [0.25, 0.3) is 0 Å². The third kappa shape index (κ3) is 1.28. The molecule has 0 aliphatic carbocycles. The van der Waals surface area contributed by atoms with Crippen molar-refractivity contribution in [1.82, 2.24) is 4.57 Å². The number of aryl methyl sites for hydroxylation is 2. The summed E-state index contributed by atoms with van der Waals surface area (Å²) in [5, 5.41) is 0. The van der Waals surface area contributed by atoms with E-state index < -0.39 is 0 Å². The summed E-state index contributed by atoms with van der Waals surface area (Å²) in [5.41, 5.74) is 2.07. The molecule has 1 aliphatic heterocycles. The first-order chi connectivity index (χ1) is 7.75. The Morgan fingerprint density at radius 3 is 3.00 bits per heavy atom. The fourth-order valence-electron chi connectivity index (χ4n) is 2.17. The van der Waals surface area contributed by atoms with Crippen molar-refractivity contribution in [1.29, 1.82) is 0 Å². The van der Waals surface area contributed by atoms with E-state index in [9.17, 15) is 9.18 Å². The molecule has 2 heterocycles. The van der Waals surface area contributed by atoms with Crippen molar-refractivity contribution in [3.63, 3.8) is 0 Å². The predicted octanol–water partition coefficient (Wildman–Crippen LogP) is 2.41. The monoisotopic (exact) mass is 215 g/mol. The Morgan fingerprint density at radius 2 is 2.12 bits per heavy atom. The maximum Gasteiger partial charge on any atom is 0.209 e. The summed E-state index contributed by atoms with van der Waals surface area (Å²) in [7, 11) is 0. The van der Waals surface area contributed by atoms with Gasteiger partial charge in [0.05, 0.1) is 5.69 Å². The first kappa shape index (κ1) is 9.33. The smallest absolute Gasteiger partial charge is 0.209 e. The van der Waals surface area contributed by atoms with Crippen LogP contribution in [0, 0.1) is 5.82 Å². The Balaban J connectivity index is 2.22. The second-order valence-corrected chi connectivity index (χ2v) is 3.97. The molecule has 0 fully saturated rings. The number of ketones is 1. The number of carbonyl (C=O) groups is 1. The van der Waals surface area contributed by atoms with Crippen LogP contribution in [0.4, 0.5) is 4.39 Å². The molecule has 3 heteroatoms. The van der Waals surface area contributed by atoms with Crippen LogP contribution in [0.3, 0.4) is 0 Å². The Labute approximate surface area is 92.3 Å². The lowest BCUT2D eigenvalue weighted by Gasteiger charge is -2.02. The number of rotatable bonds is 0. The van der Waals surface area contributed by atoms with Crippen molar-refractivity contribution in [3.05, 3.63) is 59.2 Å². The third-order valence-corrected chi connectivity index (χ3v) is 3.00. The van der Waals surface area contributed by atoms with E-state index in [-0.39, 0.29) is 11.6 Å². The van der Waals surface area contributed by atoms with E-state index in [4.69, 9.17) is 0 Å². The van der Waals surface area contributed by atoms with Crippen molar-refractivity contribution < 1.29 is 9.18 Å². The van der Waals surface area contributed by atoms with Gasteiger partial charge in [-0.25, -0.2) is 4.39 Å². The molecule has 0 amide bonds. The van der Waals surface area contributed by atoms with Gasteiger partial charge in [0.2, 0.25) is 5.78 Å². The Morgan fingerprint density at radius 1 is 1.25 bits per heavy atom. The molecule has 0 radical (unpaired) electrons. The Bertz CT molecular complexity index is 571. The Kier molecular flexibility index (Phi) is 1.93. The van der Waals surface area contributed by atoms with E-state index in [0.717, 1.165) is 18.5 Å². The average Bonchev–Trinajstić information content (AvgIpc) is 2.70. The van der Waals surface area contributed by atoms with E-state index >= 15 is 0 Å². The van der Waals surface area contributed by atoms with Gasteiger partial charge >= 0.3 is 0 Å². The summed E-state index contributed by atoms with van der Waals surface area (Å²) in [5.74, 6) is -0.441. The highest BCUT2D eigenvalue weighted by Crippen LogP contribution is 2.21. The Hall–Kier alpha value is -1.90. The van der Waals surface area contributed by atoms with E-state index in [2.05, 4.69) is 0 Å². The van der Waals surface area contributed by atoms with Crippen molar-refractivity contribution >= 4 is 5.78 Å². The van der Waals surface area contributed by atoms with Crippen LogP contribution in [-0.2, 0) is 13.0 Å². The van der Waals surface area contributed by atoms with Gasteiger partial charge in [-0.15, -0.1) is 0 Å². The molecule has 0 N–H and O–H groups in total. The highest BCUT2D eigenvalue weighted by Gasteiger charge is 2.20. The summed E-state index contributed by atoms with van der Waals surface area (Å²) < 4.78 is 15.1. The van der Waals surface area contributed by atoms with Crippen molar-refractivity contribution in [2.45, 2.75) is 13.0 Å². The van der Waals surface area contributed by atoms with Gasteiger partial charge in [-0.1, -0.05) is 6.07 Å². The van der Waals surface area contributed by atoms with Gasteiger partial charge in [-0.3, -0.25) is 4.79 Å². The first-order valence-electron chi connectivity index (χ1n) is 5.24. The van der Waals surface area contributed by atoms with Crippen LogP contribution in [-0.4, -0.2) is 10.4 Å². The lowest BCUT2D eigenvalue weighted by Crippen LogP contribution is -2.06. The minimum absolute atomic E-state index is 0.0861. The van der Waals surface area contributed by atoms with Gasteiger partial charge in [-0.2, -0.15) is 0 Å². The third-order valence-electron chi connectivity index (χ3n) is 3.00. The van der Waals surface area contributed by atoms with Gasteiger partial charge in [0.15, 0.2) is 0 Å². The number of halogens is 1. The van der Waals surface area contributed by atoms with Crippen LogP contribution in [0.5, 0.6) is 0 Å². The molecule has 16 heavy (non-hydrogen) atoms. The van der Waals surface area contributed by atoms with E-state index in [1.54, 1.807) is 12.1 Å². The minimum Gasteiger partial charge on any atom is -0.344 e. The van der Waals surface area contributed by atoms with Gasteiger partial charge in [0.1, 0.15) is 5.82 Å². The summed E-state index contributed by atoms with van der Waals surface area (Å²) in [6.07, 6.45) is 2.65. The summed E-state index contributed by atoms with van der Waals surface area (Å²) in [6.45, 7) is 0.771. The lowest BCUT2D eigenvalue weighted by molar-refractivity contribution is 0.103. The van der Waals surface area contributed by atoms with Crippen LogP contribution >= 0.6 is 0 Å². The van der Waals surface area contributed by atoms with Gasteiger partial charge in [0, 0.05) is 18.3 Å². The maximum atomic E-state index is 13.1. The number of fused-ring (bicyclic) bond motifs is 2. The summed E-state index contributed by atoms with van der Waals surface area (Å²) in [6, 6.07) is 8.07. The molecule has 0 unspecified atom stereocenters. The average molecular weight is 215 g/mol. The number of aromatic nitrogens is 1. The molecule has 3 rings (SSSR count). The molecule has 2 nitrogen and oxygen atoms in total. The molecule has 0 saturated heterocycles. The van der Waals surface area contributed by atoms with E-state index in [0.29, 0.717) is 11.3 Å². The zero-order valence-electron chi connectivity index (χ0n) is 8.61. The summed E-state index contributed by atoms with van der Waals surface area (Å²) >= 11 is 0. The predicted molar refractivity (Wildman–Crippen MR) is 58.0 cm³/mol. The minimum atomic E-state index is -0.355. The zero-order chi connectivity index (χ0) is 11.1. The first-order valence-corrected chi connectivity index (χ1v) is 5.24. The highest BCUT2D eigenvalue weighted by atomic mass is 19.1. The number of hydrogen-bond donors (Lipinski definition) is 0. The van der Waals surface area contributed by atoms with Crippen molar-refractivity contribution in [2.75, 3.05) is 0 Å². The molecule has 80 valence electrons. The number of carbonyl (C=O) groups excluding carboxylic acids is 1. The molecule has 0 bridgehead atoms. The molecule has 0 spiro atoms. The van der Waals surface area contributed by atoms with Crippen LogP contribution in [0.15, 0.2) is 36.5 Å². The van der Waals surface area contributed by atoms with Crippen LogP contribution in [0.25, 0.3) is 0 Å². The molecular weight excluding hydrogens is 205 g/mol. The molecule has 1 aromatic carbocycles. The van der Waals surface area contributed by atoms with E-state index in [1.165, 1.54) is 12.1 Å². The molecule has 0 saturated carbocycles. The van der Waals surface area contributed by atoms with E-state index in [1.807, 2.05) is 16.8 Å². The van der Waals surface area contributed by atoms with Crippen molar-refractivity contribution in [3.8, 4) is 0 Å². The maximum absolute atomic E-state index is 13.1. The fraction of sp³-hybridized carbons (Fsp3) is 0.154. The highest BCUT2D eigenvalue weighted by molar-refractivity contribution is 6.09. The van der Waals surface area contributed by atoms with Crippen LogP contribution in [0.2, 0.25) is 0 Å². The molecule has 2 aromatic rings. The standard InChI is InChI=1S/C13H10FNO/c14-10-4-3-9-5-7-15-6-1-2-12(15)13(16)11(9)8-10/h1-4,6,8H,5,7H2. The van der Waals surface area contributed by atoms with Gasteiger partial charge < -0.3 is 4.57 Å². The fourth-order valence-corrected chi connectivity index (χ4v) is 2.17. The van der Waals surface area contributed by atoms with Crippen molar-refractivity contribution in [2.24, 2.45) is 0 Å². The van der Waals surface area contributed by atoms with Crippen LogP contribution < -0.4 is 0 Å². The number of nitrogens with zero attached hydrogens (tertiary/aromatic N) is 1. The second-order valence-electron chi connectivity index (χ2n) is 3.97. The zero-order valence-corrected chi connectivity index (χ0v) is 8.61. The second kappa shape index (κ2) is 3.30. The lowest BCUT2D eigenvalue weighted by atomic mass is 10.0. The normalized spacial score (nSPS) is 14.2. The number of hydrogen-bond acceptors (Lipinski definition) is 1. The largest absolute Gasteiger partial charge is 0.344 e. The SMILES string of the molecule is O=C1c2cc(F)ccc2CCn2cccc21. The molecular formula is C13H10FNO. The molecule has 0 atom stereocenters. The van der Waals surface area contributed by atoms with Gasteiger partial charge in [-0.05, 0) is 36.2 Å². The quantitative estimate of drug-likeness (QED) is 0.661.